The van der Waals surface area contributed by atoms with E-state index in [-0.39, 0.29) is 0 Å². The second kappa shape index (κ2) is 15.0. The number of hydrogen-bond donors (Lipinski definition) is 0. The van der Waals surface area contributed by atoms with E-state index in [9.17, 15) is 0 Å². The number of hydrogen-bond acceptors (Lipinski definition) is 4. The SMILES string of the molecule is COc1c(C)c(C)c(OCc2ccccc2)c(C=CCc2ccc(OCc3ccccc3)cc2OCc2ccccc2)c1C. The summed E-state index contributed by atoms with van der Waals surface area (Å²) in [6.45, 7) is 7.74. The van der Waals surface area contributed by atoms with Gasteiger partial charge in [0, 0.05) is 17.2 Å². The van der Waals surface area contributed by atoms with Gasteiger partial charge in [-0.3, -0.25) is 0 Å². The van der Waals surface area contributed by atoms with Crippen molar-refractivity contribution in [2.24, 2.45) is 0 Å². The molecule has 0 saturated carbocycles. The third-order valence-corrected chi connectivity index (χ3v) is 7.81. The van der Waals surface area contributed by atoms with Gasteiger partial charge in [-0.05, 0) is 66.6 Å². The third-order valence-electron chi connectivity index (χ3n) is 7.81. The number of ether oxygens (including phenoxy) is 4. The topological polar surface area (TPSA) is 36.9 Å². The van der Waals surface area contributed by atoms with E-state index in [1.165, 1.54) is 0 Å². The first-order valence-corrected chi connectivity index (χ1v) is 15.0. The monoisotopic (exact) mass is 584 g/mol. The lowest BCUT2D eigenvalue weighted by atomic mass is 9.96. The van der Waals surface area contributed by atoms with Crippen LogP contribution in [0.4, 0.5) is 0 Å². The zero-order chi connectivity index (χ0) is 30.7. The molecule has 44 heavy (non-hydrogen) atoms. The molecule has 4 nitrogen and oxygen atoms in total. The largest absolute Gasteiger partial charge is 0.496 e. The second-order valence-corrected chi connectivity index (χ2v) is 10.8. The molecule has 4 heteroatoms. The first-order chi connectivity index (χ1) is 21.5. The van der Waals surface area contributed by atoms with Gasteiger partial charge >= 0.3 is 0 Å². The standard InChI is InChI=1S/C40H40O4/c1-29-30(2)40(44-28-34-19-12-7-13-20-34)37(31(3)39(29)41-4)22-14-21-35-23-24-36(42-26-32-15-8-5-9-16-32)25-38(35)43-27-33-17-10-6-11-18-33/h5-20,22-25H,21,26-28H2,1-4H3. The maximum atomic E-state index is 6.46. The van der Waals surface area contributed by atoms with E-state index in [1.54, 1.807) is 7.11 Å². The van der Waals surface area contributed by atoms with Gasteiger partial charge < -0.3 is 18.9 Å². The summed E-state index contributed by atoms with van der Waals surface area (Å²) in [5.41, 5.74) is 8.68. The van der Waals surface area contributed by atoms with E-state index in [0.29, 0.717) is 26.2 Å². The van der Waals surface area contributed by atoms with Crippen molar-refractivity contribution in [3.8, 4) is 23.0 Å². The summed E-state index contributed by atoms with van der Waals surface area (Å²) in [4.78, 5) is 0. The minimum Gasteiger partial charge on any atom is -0.496 e. The van der Waals surface area contributed by atoms with E-state index >= 15 is 0 Å². The summed E-state index contributed by atoms with van der Waals surface area (Å²) in [6, 6.07) is 36.7. The van der Waals surface area contributed by atoms with Crippen molar-refractivity contribution in [3.05, 3.63) is 160 Å². The van der Waals surface area contributed by atoms with Crippen LogP contribution in [0.5, 0.6) is 23.0 Å². The van der Waals surface area contributed by atoms with Gasteiger partial charge in [-0.2, -0.15) is 0 Å². The first-order valence-electron chi connectivity index (χ1n) is 15.0. The maximum Gasteiger partial charge on any atom is 0.130 e. The molecule has 0 N–H and O–H groups in total. The van der Waals surface area contributed by atoms with Crippen LogP contribution in [0.1, 0.15) is 44.5 Å². The molecule has 0 aliphatic heterocycles. The quantitative estimate of drug-likeness (QED) is 0.138. The minimum absolute atomic E-state index is 0.477. The Morgan fingerprint density at radius 3 is 1.64 bits per heavy atom. The van der Waals surface area contributed by atoms with Crippen LogP contribution in [0, 0.1) is 20.8 Å². The van der Waals surface area contributed by atoms with E-state index in [0.717, 1.165) is 67.5 Å². The number of rotatable bonds is 13. The Balaban J connectivity index is 1.40. The Morgan fingerprint density at radius 2 is 1.07 bits per heavy atom. The lowest BCUT2D eigenvalue weighted by molar-refractivity contribution is 0.288. The highest BCUT2D eigenvalue weighted by molar-refractivity contribution is 5.69. The van der Waals surface area contributed by atoms with Gasteiger partial charge in [0.15, 0.2) is 0 Å². The average molecular weight is 585 g/mol. The fraction of sp³-hybridized carbons (Fsp3) is 0.200. The fourth-order valence-corrected chi connectivity index (χ4v) is 5.25. The molecule has 5 aromatic rings. The van der Waals surface area contributed by atoms with Crippen LogP contribution < -0.4 is 18.9 Å². The first kappa shape index (κ1) is 30.5. The highest BCUT2D eigenvalue weighted by Gasteiger charge is 2.18. The molecule has 0 amide bonds. The minimum atomic E-state index is 0.477. The Labute approximate surface area is 261 Å². The van der Waals surface area contributed by atoms with Crippen LogP contribution in [-0.4, -0.2) is 7.11 Å². The molecule has 0 unspecified atom stereocenters. The lowest BCUT2D eigenvalue weighted by Gasteiger charge is -2.20. The van der Waals surface area contributed by atoms with Crippen molar-refractivity contribution < 1.29 is 18.9 Å². The highest BCUT2D eigenvalue weighted by atomic mass is 16.5. The van der Waals surface area contributed by atoms with Gasteiger partial charge in [0.1, 0.15) is 42.8 Å². The molecule has 224 valence electrons. The van der Waals surface area contributed by atoms with Crippen molar-refractivity contribution in [1.82, 2.24) is 0 Å². The zero-order valence-corrected chi connectivity index (χ0v) is 26.0. The van der Waals surface area contributed by atoms with Crippen molar-refractivity contribution >= 4 is 6.08 Å². The third kappa shape index (κ3) is 7.70. The zero-order valence-electron chi connectivity index (χ0n) is 26.0. The van der Waals surface area contributed by atoms with Crippen LogP contribution in [-0.2, 0) is 26.2 Å². The second-order valence-electron chi connectivity index (χ2n) is 10.8. The molecule has 0 aliphatic rings. The summed E-state index contributed by atoms with van der Waals surface area (Å²) in [6.07, 6.45) is 4.99. The van der Waals surface area contributed by atoms with Gasteiger partial charge in [-0.25, -0.2) is 0 Å². The van der Waals surface area contributed by atoms with Gasteiger partial charge in [0.25, 0.3) is 0 Å². The number of allylic oxidation sites excluding steroid dienone is 1. The van der Waals surface area contributed by atoms with Gasteiger partial charge in [0.2, 0.25) is 0 Å². The van der Waals surface area contributed by atoms with Crippen LogP contribution in [0.25, 0.3) is 6.08 Å². The summed E-state index contributed by atoms with van der Waals surface area (Å²) < 4.78 is 24.8. The van der Waals surface area contributed by atoms with Crippen LogP contribution >= 0.6 is 0 Å². The van der Waals surface area contributed by atoms with Crippen molar-refractivity contribution in [3.63, 3.8) is 0 Å². The predicted molar refractivity (Wildman–Crippen MR) is 179 cm³/mol. The molecule has 5 rings (SSSR count). The maximum absolute atomic E-state index is 6.46. The molecule has 0 spiro atoms. The lowest BCUT2D eigenvalue weighted by Crippen LogP contribution is -2.04. The van der Waals surface area contributed by atoms with Crippen molar-refractivity contribution in [2.45, 2.75) is 47.0 Å². The van der Waals surface area contributed by atoms with Gasteiger partial charge in [-0.15, -0.1) is 0 Å². The Kier molecular flexibility index (Phi) is 10.4. The molecule has 0 atom stereocenters. The Morgan fingerprint density at radius 1 is 0.545 bits per heavy atom. The number of benzene rings is 5. The summed E-state index contributed by atoms with van der Waals surface area (Å²) in [5, 5.41) is 0. The Bertz CT molecular complexity index is 1680. The molecular weight excluding hydrogens is 544 g/mol. The fourth-order valence-electron chi connectivity index (χ4n) is 5.25. The van der Waals surface area contributed by atoms with E-state index in [2.05, 4.69) is 75.4 Å². The predicted octanol–water partition coefficient (Wildman–Crippen LogP) is 9.61. The van der Waals surface area contributed by atoms with Crippen molar-refractivity contribution in [1.29, 1.82) is 0 Å². The van der Waals surface area contributed by atoms with Gasteiger partial charge in [-0.1, -0.05) is 109 Å². The van der Waals surface area contributed by atoms with Crippen LogP contribution in [0.2, 0.25) is 0 Å². The molecule has 0 radical (unpaired) electrons. The summed E-state index contributed by atoms with van der Waals surface area (Å²) in [5.74, 6) is 3.35. The van der Waals surface area contributed by atoms with E-state index < -0.39 is 0 Å². The molecular formula is C40H40O4. The summed E-state index contributed by atoms with van der Waals surface area (Å²) >= 11 is 0. The normalized spacial score (nSPS) is 11.0. The van der Waals surface area contributed by atoms with Crippen LogP contribution in [0.15, 0.2) is 115 Å². The van der Waals surface area contributed by atoms with E-state index in [1.807, 2.05) is 66.7 Å². The molecule has 0 aromatic heterocycles. The molecule has 0 aliphatic carbocycles. The van der Waals surface area contributed by atoms with Gasteiger partial charge in [0.05, 0.1) is 7.11 Å². The number of methoxy groups -OCH3 is 1. The molecule has 0 bridgehead atoms. The van der Waals surface area contributed by atoms with Crippen LogP contribution in [0.3, 0.4) is 0 Å². The highest BCUT2D eigenvalue weighted by Crippen LogP contribution is 2.39. The molecule has 0 saturated heterocycles. The van der Waals surface area contributed by atoms with Crippen molar-refractivity contribution in [2.75, 3.05) is 7.11 Å². The Hall–Kier alpha value is -4.96. The average Bonchev–Trinajstić information content (AvgIpc) is 3.07. The molecule has 0 heterocycles. The summed E-state index contributed by atoms with van der Waals surface area (Å²) in [7, 11) is 1.73. The molecule has 0 fully saturated rings. The smallest absolute Gasteiger partial charge is 0.130 e. The molecule has 5 aromatic carbocycles. The van der Waals surface area contributed by atoms with E-state index in [4.69, 9.17) is 18.9 Å².